The number of aromatic amines is 1. The number of para-hydroxylation sites is 2. The Labute approximate surface area is 234 Å². The van der Waals surface area contributed by atoms with Crippen LogP contribution in [0.5, 0.6) is 0 Å². The number of anilines is 1. The number of thiophene rings is 1. The molecule has 0 radical (unpaired) electrons. The molecule has 2 fully saturated rings. The molecule has 3 aromatic rings. The predicted molar refractivity (Wildman–Crippen MR) is 149 cm³/mol. The minimum absolute atomic E-state index is 0.227. The van der Waals surface area contributed by atoms with E-state index in [0.717, 1.165) is 10.9 Å². The Bertz CT molecular complexity index is 1500. The van der Waals surface area contributed by atoms with E-state index in [9.17, 15) is 22.8 Å². The number of halogens is 1. The highest BCUT2D eigenvalue weighted by molar-refractivity contribution is 7.92. The van der Waals surface area contributed by atoms with Crippen LogP contribution in [0.25, 0.3) is 17.1 Å². The van der Waals surface area contributed by atoms with Crippen molar-refractivity contribution in [1.29, 1.82) is 0 Å². The number of nitrogens with one attached hydrogen (secondary N) is 3. The average molecular weight is 591 g/mol. The summed E-state index contributed by atoms with van der Waals surface area (Å²) < 4.78 is 28.1. The van der Waals surface area contributed by atoms with E-state index in [1.165, 1.54) is 27.2 Å². The molecule has 206 valence electrons. The second-order valence-corrected chi connectivity index (χ2v) is 12.7. The van der Waals surface area contributed by atoms with Gasteiger partial charge in [-0.15, -0.1) is 11.3 Å². The molecule has 39 heavy (non-hydrogen) atoms. The number of carbonyl (C=O) groups excluding carboxylic acids is 3. The van der Waals surface area contributed by atoms with E-state index in [4.69, 9.17) is 11.6 Å². The van der Waals surface area contributed by atoms with Crippen molar-refractivity contribution in [3.05, 3.63) is 51.0 Å². The van der Waals surface area contributed by atoms with Gasteiger partial charge in [-0.05, 0) is 56.0 Å². The minimum atomic E-state index is -3.90. The van der Waals surface area contributed by atoms with E-state index < -0.39 is 28.0 Å². The van der Waals surface area contributed by atoms with Crippen molar-refractivity contribution >= 4 is 73.7 Å². The molecule has 3 amide bonds. The standard InChI is InChI=1S/C25H27ClN6O5S2/c26-21-10-9-16(38-21)11-14-39(36,37)30-19-7-3-12-31(24(19)35)15-22(33)32-13-4-8-20(32)23(34)29-25-27-17-5-1-2-6-18(17)28-25/h1-2,5-6,9-11,14,19-20,30H,3-4,7-8,12-13,15H2,(H2,27,28,29,34)/b14-11+/t19-,20-/m0/s1. The number of carbonyl (C=O) groups is 3. The van der Waals surface area contributed by atoms with E-state index in [1.54, 1.807) is 12.1 Å². The number of rotatable bonds is 8. The van der Waals surface area contributed by atoms with Gasteiger partial charge in [-0.2, -0.15) is 4.72 Å². The molecule has 11 nitrogen and oxygen atoms in total. The SMILES string of the molecule is O=C(Nc1nc2ccccc2[nH]1)[C@@H]1CCCN1C(=O)CN1CCC[C@H](NS(=O)(=O)/C=C/c2ccc(Cl)s2)C1=O. The van der Waals surface area contributed by atoms with Crippen molar-refractivity contribution in [2.24, 2.45) is 0 Å². The summed E-state index contributed by atoms with van der Waals surface area (Å²) in [4.78, 5) is 50.2. The van der Waals surface area contributed by atoms with Crippen LogP contribution >= 0.6 is 22.9 Å². The Morgan fingerprint density at radius 1 is 1.15 bits per heavy atom. The minimum Gasteiger partial charge on any atom is -0.332 e. The number of hydrogen-bond donors (Lipinski definition) is 3. The molecule has 0 spiro atoms. The van der Waals surface area contributed by atoms with Gasteiger partial charge in [0.05, 0.1) is 21.9 Å². The Morgan fingerprint density at radius 3 is 2.72 bits per heavy atom. The van der Waals surface area contributed by atoms with Gasteiger partial charge in [-0.25, -0.2) is 13.4 Å². The number of amides is 3. The van der Waals surface area contributed by atoms with Gasteiger partial charge in [-0.3, -0.25) is 19.7 Å². The zero-order valence-electron chi connectivity index (χ0n) is 20.8. The fraction of sp³-hybridized carbons (Fsp3) is 0.360. The Balaban J connectivity index is 1.19. The summed E-state index contributed by atoms with van der Waals surface area (Å²) in [6.45, 7) is 0.498. The molecule has 0 saturated carbocycles. The number of H-pyrrole nitrogens is 1. The highest BCUT2D eigenvalue weighted by Crippen LogP contribution is 2.24. The fourth-order valence-electron chi connectivity index (χ4n) is 4.82. The first-order chi connectivity index (χ1) is 18.7. The topological polar surface area (TPSA) is 145 Å². The number of nitrogens with zero attached hydrogens (tertiary/aromatic N) is 3. The molecule has 3 N–H and O–H groups in total. The largest absolute Gasteiger partial charge is 0.332 e. The molecule has 2 aliphatic rings. The van der Waals surface area contributed by atoms with E-state index in [1.807, 2.05) is 24.3 Å². The predicted octanol–water partition coefficient (Wildman–Crippen LogP) is 2.79. The van der Waals surface area contributed by atoms with Gasteiger partial charge in [0.25, 0.3) is 0 Å². The van der Waals surface area contributed by atoms with Crippen LogP contribution in [0.2, 0.25) is 4.34 Å². The summed E-state index contributed by atoms with van der Waals surface area (Å²) in [5.41, 5.74) is 1.50. The number of hydrogen-bond acceptors (Lipinski definition) is 7. The van der Waals surface area contributed by atoms with E-state index >= 15 is 0 Å². The lowest BCUT2D eigenvalue weighted by molar-refractivity contribution is -0.144. The molecule has 0 bridgehead atoms. The van der Waals surface area contributed by atoms with Crippen LogP contribution < -0.4 is 10.0 Å². The third-order valence-electron chi connectivity index (χ3n) is 6.68. The monoisotopic (exact) mass is 590 g/mol. The molecule has 0 unspecified atom stereocenters. The van der Waals surface area contributed by atoms with Gasteiger partial charge in [0.2, 0.25) is 33.7 Å². The number of benzene rings is 1. The number of aromatic nitrogens is 2. The molecule has 2 saturated heterocycles. The molecular formula is C25H27ClN6O5S2. The van der Waals surface area contributed by atoms with E-state index in [0.29, 0.717) is 59.5 Å². The van der Waals surface area contributed by atoms with Gasteiger partial charge in [0.1, 0.15) is 12.1 Å². The van der Waals surface area contributed by atoms with Crippen molar-refractivity contribution in [3.8, 4) is 0 Å². The number of sulfonamides is 1. The number of likely N-dealkylation sites (tertiary alicyclic amines) is 2. The molecule has 2 aromatic heterocycles. The lowest BCUT2D eigenvalue weighted by atomic mass is 10.1. The highest BCUT2D eigenvalue weighted by atomic mass is 35.5. The van der Waals surface area contributed by atoms with Crippen molar-refractivity contribution in [2.75, 3.05) is 25.0 Å². The van der Waals surface area contributed by atoms with Crippen LogP contribution in [0.3, 0.4) is 0 Å². The first-order valence-corrected chi connectivity index (χ1v) is 15.2. The smallest absolute Gasteiger partial charge is 0.249 e. The fourth-order valence-corrected chi connectivity index (χ4v) is 6.89. The van der Waals surface area contributed by atoms with Gasteiger partial charge in [0, 0.05) is 23.4 Å². The summed E-state index contributed by atoms with van der Waals surface area (Å²) in [6, 6.07) is 9.09. The van der Waals surface area contributed by atoms with Crippen molar-refractivity contribution < 1.29 is 22.8 Å². The molecule has 1 aromatic carbocycles. The average Bonchev–Trinajstić information content (AvgIpc) is 3.64. The highest BCUT2D eigenvalue weighted by Gasteiger charge is 2.37. The molecular weight excluding hydrogens is 564 g/mol. The van der Waals surface area contributed by atoms with Crippen LogP contribution in [0, 0.1) is 0 Å². The molecule has 5 rings (SSSR count). The third-order valence-corrected chi connectivity index (χ3v) is 8.98. The van der Waals surface area contributed by atoms with Crippen LogP contribution in [0.4, 0.5) is 5.95 Å². The second-order valence-electron chi connectivity index (χ2n) is 9.40. The maximum Gasteiger partial charge on any atom is 0.249 e. The maximum atomic E-state index is 13.2. The first-order valence-electron chi connectivity index (χ1n) is 12.5. The number of fused-ring (bicyclic) bond motifs is 1. The normalized spacial score (nSPS) is 20.3. The summed E-state index contributed by atoms with van der Waals surface area (Å²) in [5, 5.41) is 3.76. The quantitative estimate of drug-likeness (QED) is 0.368. The second kappa shape index (κ2) is 11.5. The zero-order chi connectivity index (χ0) is 27.6. The number of piperidine rings is 1. The van der Waals surface area contributed by atoms with E-state index in [2.05, 4.69) is 20.0 Å². The van der Waals surface area contributed by atoms with E-state index in [-0.39, 0.29) is 18.4 Å². The third kappa shape index (κ3) is 6.49. The van der Waals surface area contributed by atoms with Gasteiger partial charge in [-0.1, -0.05) is 23.7 Å². The first kappa shape index (κ1) is 27.3. The van der Waals surface area contributed by atoms with Crippen LogP contribution in [-0.2, 0) is 24.4 Å². The lowest BCUT2D eigenvalue weighted by Gasteiger charge is -2.33. The van der Waals surface area contributed by atoms with Crippen molar-refractivity contribution in [1.82, 2.24) is 24.5 Å². The van der Waals surface area contributed by atoms with Crippen LogP contribution in [-0.4, -0.2) is 77.6 Å². The van der Waals surface area contributed by atoms with Gasteiger partial charge in [0.15, 0.2) is 0 Å². The molecule has 4 heterocycles. The van der Waals surface area contributed by atoms with Gasteiger partial charge < -0.3 is 14.8 Å². The van der Waals surface area contributed by atoms with Crippen molar-refractivity contribution in [3.63, 3.8) is 0 Å². The maximum absolute atomic E-state index is 13.2. The lowest BCUT2D eigenvalue weighted by Crippen LogP contribution is -2.55. The Kier molecular flexibility index (Phi) is 8.03. The summed E-state index contributed by atoms with van der Waals surface area (Å²) >= 11 is 7.11. The molecule has 0 aliphatic carbocycles. The molecule has 2 atom stereocenters. The van der Waals surface area contributed by atoms with Crippen LogP contribution in [0.15, 0.2) is 41.8 Å². The molecule has 2 aliphatic heterocycles. The Morgan fingerprint density at radius 2 is 1.95 bits per heavy atom. The van der Waals surface area contributed by atoms with Gasteiger partial charge >= 0.3 is 0 Å². The summed E-state index contributed by atoms with van der Waals surface area (Å²) in [7, 11) is -3.90. The molecule has 14 heteroatoms. The zero-order valence-corrected chi connectivity index (χ0v) is 23.2. The summed E-state index contributed by atoms with van der Waals surface area (Å²) in [5.74, 6) is -0.871. The van der Waals surface area contributed by atoms with Crippen molar-refractivity contribution in [2.45, 2.75) is 37.8 Å². The number of imidazole rings is 1. The Hall–Kier alpha value is -3.26. The van der Waals surface area contributed by atoms with Crippen LogP contribution in [0.1, 0.15) is 30.6 Å². The summed E-state index contributed by atoms with van der Waals surface area (Å²) in [6.07, 6.45) is 3.43.